The summed E-state index contributed by atoms with van der Waals surface area (Å²) in [6.45, 7) is 1.84. The van der Waals surface area contributed by atoms with Crippen LogP contribution in [0.3, 0.4) is 0 Å². The van der Waals surface area contributed by atoms with E-state index in [0.29, 0.717) is 12.1 Å². The highest BCUT2D eigenvalue weighted by Gasteiger charge is 2.18. The lowest BCUT2D eigenvalue weighted by Crippen LogP contribution is -2.22. The number of nitrogens with one attached hydrogen (secondary N) is 1. The molecule has 2 rings (SSSR count). The highest BCUT2D eigenvalue weighted by atomic mass is 32.2. The lowest BCUT2D eigenvalue weighted by molar-refractivity contribution is -0.116. The van der Waals surface area contributed by atoms with Gasteiger partial charge in [-0.15, -0.1) is 11.8 Å². The molecule has 0 aliphatic rings. The molecular weight excluding hydrogens is 368 g/mol. The second kappa shape index (κ2) is 9.21. The topological polar surface area (TPSA) is 66.5 Å². The minimum absolute atomic E-state index is 0.110. The summed E-state index contributed by atoms with van der Waals surface area (Å²) in [5, 5.41) is 2.83. The van der Waals surface area contributed by atoms with Crippen molar-refractivity contribution in [3.8, 4) is 0 Å². The van der Waals surface area contributed by atoms with Crippen LogP contribution in [0, 0.1) is 6.92 Å². The SMILES string of the molecule is Cc1ccc(S(=O)(=O)N(C)C)cc1NC(=O)CCCSc1ccccc1. The van der Waals surface area contributed by atoms with E-state index in [1.165, 1.54) is 25.1 Å². The smallest absolute Gasteiger partial charge is 0.242 e. The Balaban J connectivity index is 1.92. The molecule has 140 valence electrons. The first-order chi connectivity index (χ1) is 12.3. The number of anilines is 1. The first-order valence-corrected chi connectivity index (χ1v) is 10.7. The van der Waals surface area contributed by atoms with Gasteiger partial charge in [0.25, 0.3) is 0 Å². The summed E-state index contributed by atoms with van der Waals surface area (Å²) in [6, 6.07) is 14.8. The molecule has 2 aromatic rings. The predicted octanol–water partition coefficient (Wildman–Crippen LogP) is 3.76. The van der Waals surface area contributed by atoms with Gasteiger partial charge in [-0.25, -0.2) is 12.7 Å². The quantitative estimate of drug-likeness (QED) is 0.549. The molecule has 0 saturated heterocycles. The number of sulfonamides is 1. The van der Waals surface area contributed by atoms with Gasteiger partial charge in [-0.1, -0.05) is 24.3 Å². The first-order valence-electron chi connectivity index (χ1n) is 8.31. The van der Waals surface area contributed by atoms with E-state index in [4.69, 9.17) is 0 Å². The fourth-order valence-electron chi connectivity index (χ4n) is 2.26. The van der Waals surface area contributed by atoms with Crippen molar-refractivity contribution in [1.29, 1.82) is 0 Å². The monoisotopic (exact) mass is 392 g/mol. The van der Waals surface area contributed by atoms with E-state index >= 15 is 0 Å². The summed E-state index contributed by atoms with van der Waals surface area (Å²) in [7, 11) is -0.557. The average molecular weight is 393 g/mol. The molecule has 0 bridgehead atoms. The molecule has 0 fully saturated rings. The van der Waals surface area contributed by atoms with E-state index < -0.39 is 10.0 Å². The van der Waals surface area contributed by atoms with E-state index in [0.717, 1.165) is 22.0 Å². The van der Waals surface area contributed by atoms with E-state index in [9.17, 15) is 13.2 Å². The maximum atomic E-state index is 12.2. The van der Waals surface area contributed by atoms with E-state index in [1.807, 2.05) is 37.3 Å². The Labute approximate surface area is 159 Å². The number of hydrogen-bond donors (Lipinski definition) is 1. The Bertz CT molecular complexity index is 850. The molecular formula is C19H24N2O3S2. The lowest BCUT2D eigenvalue weighted by Gasteiger charge is -2.14. The third kappa shape index (κ3) is 5.59. The summed E-state index contributed by atoms with van der Waals surface area (Å²) in [5.41, 5.74) is 1.36. The second-order valence-electron chi connectivity index (χ2n) is 6.08. The molecule has 5 nitrogen and oxygen atoms in total. The van der Waals surface area contributed by atoms with E-state index in [-0.39, 0.29) is 10.8 Å². The summed E-state index contributed by atoms with van der Waals surface area (Å²) in [5.74, 6) is 0.743. The number of rotatable bonds is 8. The fourth-order valence-corrected chi connectivity index (χ4v) is 4.06. The van der Waals surface area contributed by atoms with Gasteiger partial charge in [0.1, 0.15) is 0 Å². The van der Waals surface area contributed by atoms with Crippen molar-refractivity contribution in [2.75, 3.05) is 25.2 Å². The van der Waals surface area contributed by atoms with Gasteiger partial charge in [-0.2, -0.15) is 0 Å². The van der Waals surface area contributed by atoms with Gasteiger partial charge in [0.05, 0.1) is 4.90 Å². The van der Waals surface area contributed by atoms with Crippen LogP contribution in [-0.4, -0.2) is 38.5 Å². The molecule has 0 radical (unpaired) electrons. The van der Waals surface area contributed by atoms with Crippen LogP contribution in [0.25, 0.3) is 0 Å². The summed E-state index contributed by atoms with van der Waals surface area (Å²) >= 11 is 1.72. The zero-order chi connectivity index (χ0) is 19.2. The maximum absolute atomic E-state index is 12.2. The summed E-state index contributed by atoms with van der Waals surface area (Å²) < 4.78 is 25.6. The van der Waals surface area contributed by atoms with Crippen LogP contribution in [0.2, 0.25) is 0 Å². The van der Waals surface area contributed by atoms with E-state index in [2.05, 4.69) is 5.32 Å². The minimum atomic E-state index is -3.52. The summed E-state index contributed by atoms with van der Waals surface area (Å²) in [6.07, 6.45) is 1.14. The second-order valence-corrected chi connectivity index (χ2v) is 9.40. The number of thioether (sulfide) groups is 1. The number of nitrogens with zero attached hydrogens (tertiary/aromatic N) is 1. The highest BCUT2D eigenvalue weighted by Crippen LogP contribution is 2.23. The first kappa shape index (κ1) is 20.5. The van der Waals surface area contributed by atoms with Gasteiger partial charge in [0.2, 0.25) is 15.9 Å². The molecule has 0 spiro atoms. The van der Waals surface area contributed by atoms with Gasteiger partial charge in [0.15, 0.2) is 0 Å². The zero-order valence-electron chi connectivity index (χ0n) is 15.2. The highest BCUT2D eigenvalue weighted by molar-refractivity contribution is 7.99. The van der Waals surface area contributed by atoms with Crippen molar-refractivity contribution in [2.24, 2.45) is 0 Å². The number of aryl methyl sites for hydroxylation is 1. The number of hydrogen-bond acceptors (Lipinski definition) is 4. The number of carbonyl (C=O) groups excluding carboxylic acids is 1. The van der Waals surface area contributed by atoms with Crippen LogP contribution in [0.5, 0.6) is 0 Å². The van der Waals surface area contributed by atoms with Gasteiger partial charge >= 0.3 is 0 Å². The van der Waals surface area contributed by atoms with Gasteiger partial charge in [-0.3, -0.25) is 4.79 Å². The number of benzene rings is 2. The molecule has 0 aliphatic carbocycles. The normalized spacial score (nSPS) is 11.5. The van der Waals surface area contributed by atoms with Crippen molar-refractivity contribution < 1.29 is 13.2 Å². The molecule has 0 aromatic heterocycles. The third-order valence-electron chi connectivity index (χ3n) is 3.82. The van der Waals surface area contributed by atoms with Crippen LogP contribution in [0.1, 0.15) is 18.4 Å². The van der Waals surface area contributed by atoms with Gasteiger partial charge in [-0.05, 0) is 48.9 Å². The van der Waals surface area contributed by atoms with Crippen LogP contribution in [0.15, 0.2) is 58.3 Å². The Kier molecular flexibility index (Phi) is 7.25. The Morgan fingerprint density at radius 1 is 1.12 bits per heavy atom. The molecule has 2 aromatic carbocycles. The Hall–Kier alpha value is -1.83. The lowest BCUT2D eigenvalue weighted by atomic mass is 10.2. The predicted molar refractivity (Wildman–Crippen MR) is 107 cm³/mol. The van der Waals surface area contributed by atoms with Crippen molar-refractivity contribution in [3.05, 3.63) is 54.1 Å². The Morgan fingerprint density at radius 2 is 1.81 bits per heavy atom. The summed E-state index contributed by atoms with van der Waals surface area (Å²) in [4.78, 5) is 13.5. The van der Waals surface area contributed by atoms with Gasteiger partial charge < -0.3 is 5.32 Å². The standard InChI is InChI=1S/C19H24N2O3S2/c1-15-11-12-17(26(23,24)21(2)3)14-18(15)20-19(22)10-7-13-25-16-8-5-4-6-9-16/h4-6,8-9,11-12,14H,7,10,13H2,1-3H3,(H,20,22). The van der Waals surface area contributed by atoms with Crippen molar-refractivity contribution in [3.63, 3.8) is 0 Å². The third-order valence-corrected chi connectivity index (χ3v) is 6.73. The fraction of sp³-hybridized carbons (Fsp3) is 0.316. The van der Waals surface area contributed by atoms with Crippen LogP contribution in [-0.2, 0) is 14.8 Å². The van der Waals surface area contributed by atoms with Gasteiger partial charge in [0, 0.05) is 31.1 Å². The van der Waals surface area contributed by atoms with Crippen molar-refractivity contribution >= 4 is 33.4 Å². The molecule has 26 heavy (non-hydrogen) atoms. The molecule has 0 unspecified atom stereocenters. The molecule has 7 heteroatoms. The molecule has 1 N–H and O–H groups in total. The van der Waals surface area contributed by atoms with Crippen LogP contribution >= 0.6 is 11.8 Å². The Morgan fingerprint density at radius 3 is 2.46 bits per heavy atom. The maximum Gasteiger partial charge on any atom is 0.242 e. The molecule has 1 amide bonds. The molecule has 0 saturated carbocycles. The largest absolute Gasteiger partial charge is 0.326 e. The van der Waals surface area contributed by atoms with Crippen LogP contribution in [0.4, 0.5) is 5.69 Å². The van der Waals surface area contributed by atoms with Crippen molar-refractivity contribution in [1.82, 2.24) is 4.31 Å². The van der Waals surface area contributed by atoms with Crippen molar-refractivity contribution in [2.45, 2.75) is 29.6 Å². The zero-order valence-corrected chi connectivity index (χ0v) is 16.9. The molecule has 0 heterocycles. The number of carbonyl (C=O) groups is 1. The minimum Gasteiger partial charge on any atom is -0.326 e. The van der Waals surface area contributed by atoms with E-state index in [1.54, 1.807) is 23.9 Å². The van der Waals surface area contributed by atoms with Crippen LogP contribution < -0.4 is 5.32 Å². The number of amides is 1. The molecule has 0 atom stereocenters. The molecule has 0 aliphatic heterocycles. The average Bonchev–Trinajstić information content (AvgIpc) is 2.61.